The average molecular weight is 278 g/mol. The van der Waals surface area contributed by atoms with Gasteiger partial charge in [-0.05, 0) is 26.7 Å². The molecule has 1 N–H and O–H groups in total. The summed E-state index contributed by atoms with van der Waals surface area (Å²) in [5.74, 6) is -0.330. The number of hydrogen-bond acceptors (Lipinski definition) is 5. The van der Waals surface area contributed by atoms with Crippen molar-refractivity contribution in [3.63, 3.8) is 0 Å². The number of hydrogen-bond donors (Lipinski definition) is 1. The van der Waals surface area contributed by atoms with Crippen LogP contribution in [0.15, 0.2) is 0 Å². The molecule has 0 aromatic heterocycles. The minimum atomic E-state index is -3.91. The first-order valence-corrected chi connectivity index (χ1v) is 7.26. The SMILES string of the molecule is CCOC(=O)NS(=O)(=O)N1CCCC(C(C)=O)C1. The first-order valence-electron chi connectivity index (χ1n) is 5.82. The molecule has 1 rings (SSSR count). The smallest absolute Gasteiger partial charge is 0.421 e. The lowest BCUT2D eigenvalue weighted by Crippen LogP contribution is -2.48. The van der Waals surface area contributed by atoms with Gasteiger partial charge in [0.15, 0.2) is 0 Å². The quantitative estimate of drug-likeness (QED) is 0.797. The molecule has 1 heterocycles. The fraction of sp³-hybridized carbons (Fsp3) is 0.800. The van der Waals surface area contributed by atoms with Gasteiger partial charge in [-0.15, -0.1) is 0 Å². The standard InChI is InChI=1S/C10H18N2O5S/c1-3-17-10(14)11-18(15,16)12-6-4-5-9(7-12)8(2)13/h9H,3-7H2,1-2H3,(H,11,14). The number of ether oxygens (including phenoxy) is 1. The molecule has 0 spiro atoms. The molecule has 1 amide bonds. The van der Waals surface area contributed by atoms with Gasteiger partial charge in [0.2, 0.25) is 0 Å². The summed E-state index contributed by atoms with van der Waals surface area (Å²) in [7, 11) is -3.91. The Morgan fingerprint density at radius 3 is 2.67 bits per heavy atom. The lowest BCUT2D eigenvalue weighted by molar-refractivity contribution is -0.121. The average Bonchev–Trinajstić information content (AvgIpc) is 2.28. The molecule has 104 valence electrons. The fourth-order valence-electron chi connectivity index (χ4n) is 1.82. The highest BCUT2D eigenvalue weighted by atomic mass is 32.2. The number of Topliss-reactive ketones (excluding diaryl/α,β-unsaturated/α-hetero) is 1. The molecule has 1 aliphatic rings. The topological polar surface area (TPSA) is 92.8 Å². The Morgan fingerprint density at radius 2 is 2.11 bits per heavy atom. The summed E-state index contributed by atoms with van der Waals surface area (Å²) in [6.07, 6.45) is 0.289. The van der Waals surface area contributed by atoms with Crippen molar-refractivity contribution in [2.75, 3.05) is 19.7 Å². The van der Waals surface area contributed by atoms with Crippen LogP contribution >= 0.6 is 0 Å². The van der Waals surface area contributed by atoms with E-state index in [0.29, 0.717) is 19.4 Å². The van der Waals surface area contributed by atoms with Crippen LogP contribution in [0.1, 0.15) is 26.7 Å². The van der Waals surface area contributed by atoms with Crippen LogP contribution in [0.5, 0.6) is 0 Å². The van der Waals surface area contributed by atoms with E-state index in [1.165, 1.54) is 6.92 Å². The Balaban J connectivity index is 2.67. The highest BCUT2D eigenvalue weighted by Crippen LogP contribution is 2.19. The number of carbonyl (C=O) groups excluding carboxylic acids is 2. The molecule has 0 aromatic carbocycles. The van der Waals surface area contributed by atoms with Crippen LogP contribution in [-0.2, 0) is 19.7 Å². The number of nitrogens with one attached hydrogen (secondary N) is 1. The third kappa shape index (κ3) is 3.95. The van der Waals surface area contributed by atoms with Gasteiger partial charge in [-0.25, -0.2) is 9.52 Å². The molecule has 1 saturated heterocycles. The second-order valence-electron chi connectivity index (χ2n) is 4.14. The van der Waals surface area contributed by atoms with Crippen molar-refractivity contribution in [3.05, 3.63) is 0 Å². The third-order valence-corrected chi connectivity index (χ3v) is 4.22. The first-order chi connectivity index (χ1) is 8.36. The van der Waals surface area contributed by atoms with Crippen molar-refractivity contribution in [1.29, 1.82) is 0 Å². The number of nitrogens with zero attached hydrogens (tertiary/aromatic N) is 1. The van der Waals surface area contributed by atoms with Crippen molar-refractivity contribution in [2.24, 2.45) is 5.92 Å². The highest BCUT2D eigenvalue weighted by Gasteiger charge is 2.32. The van der Waals surface area contributed by atoms with E-state index in [1.54, 1.807) is 6.92 Å². The molecule has 8 heteroatoms. The predicted octanol–water partition coefficient (Wildman–Crippen LogP) is 0.278. The summed E-state index contributed by atoms with van der Waals surface area (Å²) < 4.78 is 31.1. The van der Waals surface area contributed by atoms with Gasteiger partial charge in [-0.1, -0.05) is 0 Å². The largest absolute Gasteiger partial charge is 0.449 e. The minimum absolute atomic E-state index is 0.0361. The molecule has 1 unspecified atom stereocenters. The minimum Gasteiger partial charge on any atom is -0.449 e. The Kier molecular flexibility index (Phi) is 5.09. The maximum absolute atomic E-state index is 11.8. The molecule has 1 aliphatic heterocycles. The van der Waals surface area contributed by atoms with Crippen molar-refractivity contribution in [2.45, 2.75) is 26.7 Å². The van der Waals surface area contributed by atoms with Crippen molar-refractivity contribution < 1.29 is 22.7 Å². The van der Waals surface area contributed by atoms with Crippen molar-refractivity contribution in [3.8, 4) is 0 Å². The first kappa shape index (κ1) is 14.9. The maximum Gasteiger partial charge on any atom is 0.421 e. The molecular formula is C10H18N2O5S. The molecular weight excluding hydrogens is 260 g/mol. The van der Waals surface area contributed by atoms with Crippen LogP contribution in [0.3, 0.4) is 0 Å². The van der Waals surface area contributed by atoms with E-state index in [4.69, 9.17) is 0 Å². The van der Waals surface area contributed by atoms with Gasteiger partial charge in [0, 0.05) is 19.0 Å². The molecule has 18 heavy (non-hydrogen) atoms. The van der Waals surface area contributed by atoms with E-state index in [-0.39, 0.29) is 24.9 Å². The fourth-order valence-corrected chi connectivity index (χ4v) is 2.97. The summed E-state index contributed by atoms with van der Waals surface area (Å²) in [5, 5.41) is 0. The van der Waals surface area contributed by atoms with Crippen LogP contribution in [0.25, 0.3) is 0 Å². The summed E-state index contributed by atoms with van der Waals surface area (Å²) >= 11 is 0. The van der Waals surface area contributed by atoms with Crippen molar-refractivity contribution in [1.82, 2.24) is 9.03 Å². The zero-order chi connectivity index (χ0) is 13.8. The number of piperidine rings is 1. The van der Waals surface area contributed by atoms with Crippen LogP contribution in [0.2, 0.25) is 0 Å². The lowest BCUT2D eigenvalue weighted by atomic mass is 9.96. The van der Waals surface area contributed by atoms with Crippen LogP contribution < -0.4 is 4.72 Å². The monoisotopic (exact) mass is 278 g/mol. The molecule has 0 aliphatic carbocycles. The normalized spacial score (nSPS) is 21.3. The van der Waals surface area contributed by atoms with E-state index in [9.17, 15) is 18.0 Å². The molecule has 7 nitrogen and oxygen atoms in total. The number of amides is 1. The molecule has 0 bridgehead atoms. The predicted molar refractivity (Wildman–Crippen MR) is 64.1 cm³/mol. The zero-order valence-corrected chi connectivity index (χ0v) is 11.3. The lowest BCUT2D eigenvalue weighted by Gasteiger charge is -2.30. The van der Waals surface area contributed by atoms with Crippen LogP contribution in [0.4, 0.5) is 4.79 Å². The van der Waals surface area contributed by atoms with Gasteiger partial charge in [0.05, 0.1) is 6.61 Å². The number of rotatable bonds is 4. The molecule has 1 fully saturated rings. The van der Waals surface area contributed by atoms with E-state index in [1.807, 2.05) is 4.72 Å². The van der Waals surface area contributed by atoms with E-state index < -0.39 is 16.3 Å². The van der Waals surface area contributed by atoms with Crippen LogP contribution in [-0.4, -0.2) is 44.3 Å². The Bertz CT molecular complexity index is 420. The number of ketones is 1. The summed E-state index contributed by atoms with van der Waals surface area (Å²) in [5.41, 5.74) is 0. The molecule has 0 radical (unpaired) electrons. The second kappa shape index (κ2) is 6.14. The Hall–Kier alpha value is -1.15. The van der Waals surface area contributed by atoms with Gasteiger partial charge >= 0.3 is 16.3 Å². The van der Waals surface area contributed by atoms with Gasteiger partial charge in [0.1, 0.15) is 5.78 Å². The summed E-state index contributed by atoms with van der Waals surface area (Å²) in [6, 6.07) is 0. The van der Waals surface area contributed by atoms with Gasteiger partial charge in [-0.2, -0.15) is 12.7 Å². The molecule has 1 atom stereocenters. The number of carbonyl (C=O) groups is 2. The van der Waals surface area contributed by atoms with E-state index in [0.717, 1.165) is 4.31 Å². The van der Waals surface area contributed by atoms with Crippen molar-refractivity contribution >= 4 is 22.1 Å². The Morgan fingerprint density at radius 1 is 1.44 bits per heavy atom. The molecule has 0 aromatic rings. The van der Waals surface area contributed by atoms with Gasteiger partial charge < -0.3 is 4.74 Å². The summed E-state index contributed by atoms with van der Waals surface area (Å²) in [4.78, 5) is 22.4. The second-order valence-corrected chi connectivity index (χ2v) is 5.81. The zero-order valence-electron chi connectivity index (χ0n) is 10.5. The van der Waals surface area contributed by atoms with Gasteiger partial charge in [0.25, 0.3) is 0 Å². The third-order valence-electron chi connectivity index (χ3n) is 2.79. The molecule has 0 saturated carbocycles. The Labute approximate surface area is 107 Å². The highest BCUT2D eigenvalue weighted by molar-refractivity contribution is 7.87. The van der Waals surface area contributed by atoms with Crippen LogP contribution in [0, 0.1) is 5.92 Å². The summed E-state index contributed by atoms with van der Waals surface area (Å²) in [6.45, 7) is 3.54. The van der Waals surface area contributed by atoms with Gasteiger partial charge in [-0.3, -0.25) is 4.79 Å². The van der Waals surface area contributed by atoms with E-state index >= 15 is 0 Å². The maximum atomic E-state index is 11.8. The van der Waals surface area contributed by atoms with E-state index in [2.05, 4.69) is 4.74 Å².